The van der Waals surface area contributed by atoms with Gasteiger partial charge in [0.25, 0.3) is 0 Å². The Morgan fingerprint density at radius 3 is 2.08 bits per heavy atom. The fourth-order valence-corrected chi connectivity index (χ4v) is 4.75. The van der Waals surface area contributed by atoms with Crippen molar-refractivity contribution in [2.75, 3.05) is 0 Å². The number of hydrogen-bond donors (Lipinski definition) is 2. The SMILES string of the molecule is Cl.NC1C2CC3CC1CC(S)(C3)C2. The van der Waals surface area contributed by atoms with E-state index in [1.54, 1.807) is 0 Å². The van der Waals surface area contributed by atoms with Crippen LogP contribution in [0.15, 0.2) is 0 Å². The van der Waals surface area contributed by atoms with E-state index in [1.165, 1.54) is 32.1 Å². The molecule has 4 aliphatic rings. The van der Waals surface area contributed by atoms with Gasteiger partial charge in [-0.05, 0) is 49.9 Å². The summed E-state index contributed by atoms with van der Waals surface area (Å²) in [6, 6.07) is 0.516. The van der Waals surface area contributed by atoms with E-state index in [2.05, 4.69) is 0 Å². The van der Waals surface area contributed by atoms with Crippen molar-refractivity contribution in [2.45, 2.75) is 42.9 Å². The van der Waals surface area contributed by atoms with Gasteiger partial charge in [-0.1, -0.05) is 0 Å². The quantitative estimate of drug-likeness (QED) is 0.601. The summed E-state index contributed by atoms with van der Waals surface area (Å²) in [6.07, 6.45) is 6.77. The molecule has 3 heteroatoms. The Labute approximate surface area is 91.7 Å². The largest absolute Gasteiger partial charge is 0.327 e. The number of thiol groups is 1. The Balaban J connectivity index is 0.000000653. The smallest absolute Gasteiger partial charge is 0.0139 e. The molecule has 4 fully saturated rings. The lowest BCUT2D eigenvalue weighted by Crippen LogP contribution is -2.57. The molecule has 2 N–H and O–H groups in total. The van der Waals surface area contributed by atoms with Crippen LogP contribution >= 0.6 is 25.0 Å². The summed E-state index contributed by atoms with van der Waals surface area (Å²) in [5, 5.41) is 0. The monoisotopic (exact) mass is 219 g/mol. The lowest BCUT2D eigenvalue weighted by Gasteiger charge is -2.57. The van der Waals surface area contributed by atoms with E-state index in [4.69, 9.17) is 18.4 Å². The summed E-state index contributed by atoms with van der Waals surface area (Å²) in [5.41, 5.74) is 6.19. The van der Waals surface area contributed by atoms with Crippen LogP contribution in [0, 0.1) is 17.8 Å². The van der Waals surface area contributed by atoms with E-state index in [0.717, 1.165) is 17.8 Å². The number of halogens is 1. The molecule has 0 amide bonds. The van der Waals surface area contributed by atoms with Gasteiger partial charge in [0.2, 0.25) is 0 Å². The number of rotatable bonds is 0. The Hall–Kier alpha value is 0.600. The van der Waals surface area contributed by atoms with Gasteiger partial charge in [0, 0.05) is 10.8 Å². The molecule has 0 radical (unpaired) electrons. The van der Waals surface area contributed by atoms with Crippen molar-refractivity contribution < 1.29 is 0 Å². The summed E-state index contributed by atoms with van der Waals surface area (Å²) in [6.45, 7) is 0. The minimum absolute atomic E-state index is 0. The second kappa shape index (κ2) is 3.04. The van der Waals surface area contributed by atoms with E-state index >= 15 is 0 Å². The van der Waals surface area contributed by atoms with Gasteiger partial charge >= 0.3 is 0 Å². The first kappa shape index (κ1) is 10.1. The van der Waals surface area contributed by atoms with Crippen molar-refractivity contribution >= 4 is 25.0 Å². The second-order valence-corrected chi connectivity index (χ2v) is 6.22. The molecule has 0 aromatic rings. The van der Waals surface area contributed by atoms with Crippen molar-refractivity contribution in [1.82, 2.24) is 0 Å². The minimum Gasteiger partial charge on any atom is -0.327 e. The second-order valence-electron chi connectivity index (χ2n) is 5.27. The van der Waals surface area contributed by atoms with Crippen molar-refractivity contribution in [3.8, 4) is 0 Å². The standard InChI is InChI=1S/C10H17NS.ClH/c11-9-7-1-6-2-8(9)5-10(12,3-6)4-7;/h6-9,12H,1-5,11H2;1H. The molecule has 2 unspecified atom stereocenters. The molecule has 0 saturated heterocycles. The Morgan fingerprint density at radius 2 is 1.62 bits per heavy atom. The van der Waals surface area contributed by atoms with Crippen LogP contribution in [0.1, 0.15) is 32.1 Å². The van der Waals surface area contributed by atoms with Gasteiger partial charge in [-0.15, -0.1) is 12.4 Å². The molecule has 1 nitrogen and oxygen atoms in total. The van der Waals surface area contributed by atoms with E-state index < -0.39 is 0 Å². The molecular formula is C10H18ClNS. The number of nitrogens with two attached hydrogens (primary N) is 1. The Kier molecular flexibility index (Phi) is 2.37. The highest BCUT2D eigenvalue weighted by Gasteiger charge is 2.52. The van der Waals surface area contributed by atoms with Crippen molar-refractivity contribution in [1.29, 1.82) is 0 Å². The maximum absolute atomic E-state index is 6.19. The molecule has 76 valence electrons. The molecule has 0 spiro atoms. The van der Waals surface area contributed by atoms with Gasteiger partial charge < -0.3 is 5.73 Å². The van der Waals surface area contributed by atoms with Crippen LogP contribution < -0.4 is 5.73 Å². The summed E-state index contributed by atoms with van der Waals surface area (Å²) in [7, 11) is 0. The summed E-state index contributed by atoms with van der Waals surface area (Å²) in [5.74, 6) is 2.60. The first-order valence-electron chi connectivity index (χ1n) is 5.14. The van der Waals surface area contributed by atoms with Crippen LogP contribution in [0.4, 0.5) is 0 Å². The molecule has 4 aliphatic carbocycles. The average molecular weight is 220 g/mol. The molecule has 0 aromatic carbocycles. The summed E-state index contributed by atoms with van der Waals surface area (Å²) in [4.78, 5) is 0. The highest BCUT2D eigenvalue weighted by Crippen LogP contribution is 2.57. The van der Waals surface area contributed by atoms with Crippen molar-refractivity contribution in [3.63, 3.8) is 0 Å². The van der Waals surface area contributed by atoms with Crippen molar-refractivity contribution in [2.24, 2.45) is 23.5 Å². The maximum atomic E-state index is 6.19. The van der Waals surface area contributed by atoms with Gasteiger partial charge in [-0.3, -0.25) is 0 Å². The third-order valence-electron chi connectivity index (χ3n) is 4.31. The van der Waals surface area contributed by atoms with Gasteiger partial charge in [-0.2, -0.15) is 12.6 Å². The van der Waals surface area contributed by atoms with Gasteiger partial charge in [0.15, 0.2) is 0 Å². The Morgan fingerprint density at radius 1 is 1.08 bits per heavy atom. The van der Waals surface area contributed by atoms with Crippen molar-refractivity contribution in [3.05, 3.63) is 0 Å². The molecular weight excluding hydrogens is 202 g/mol. The van der Waals surface area contributed by atoms with Crippen LogP contribution in [0.5, 0.6) is 0 Å². The van der Waals surface area contributed by atoms with E-state index in [-0.39, 0.29) is 12.4 Å². The first-order chi connectivity index (χ1) is 5.66. The summed E-state index contributed by atoms with van der Waals surface area (Å²) < 4.78 is 0.395. The van der Waals surface area contributed by atoms with E-state index in [9.17, 15) is 0 Å². The topological polar surface area (TPSA) is 26.0 Å². The highest BCUT2D eigenvalue weighted by atomic mass is 35.5. The molecule has 0 aromatic heterocycles. The zero-order valence-corrected chi connectivity index (χ0v) is 9.49. The lowest BCUT2D eigenvalue weighted by molar-refractivity contribution is 0.0184. The molecule has 4 rings (SSSR count). The normalized spacial score (nSPS) is 57.7. The zero-order chi connectivity index (χ0) is 8.34. The van der Waals surface area contributed by atoms with Crippen LogP contribution in [-0.4, -0.2) is 10.8 Å². The van der Waals surface area contributed by atoms with Gasteiger partial charge in [0.05, 0.1) is 0 Å². The number of hydrogen-bond acceptors (Lipinski definition) is 2. The fourth-order valence-electron chi connectivity index (χ4n) is 4.02. The third-order valence-corrected chi connectivity index (χ3v) is 4.86. The molecule has 0 heterocycles. The third kappa shape index (κ3) is 1.42. The van der Waals surface area contributed by atoms with Crippen LogP contribution in [0.2, 0.25) is 0 Å². The fraction of sp³-hybridized carbons (Fsp3) is 1.00. The summed E-state index contributed by atoms with van der Waals surface area (Å²) >= 11 is 4.84. The van der Waals surface area contributed by atoms with Crippen LogP contribution in [-0.2, 0) is 0 Å². The van der Waals surface area contributed by atoms with Gasteiger partial charge in [-0.25, -0.2) is 0 Å². The first-order valence-corrected chi connectivity index (χ1v) is 5.59. The predicted molar refractivity (Wildman–Crippen MR) is 60.5 cm³/mol. The van der Waals surface area contributed by atoms with Crippen LogP contribution in [0.3, 0.4) is 0 Å². The predicted octanol–water partition coefficient (Wildman–Crippen LogP) is 2.24. The molecule has 0 aliphatic heterocycles. The average Bonchev–Trinajstić information content (AvgIpc) is 1.96. The molecule has 4 saturated carbocycles. The highest BCUT2D eigenvalue weighted by molar-refractivity contribution is 7.81. The lowest BCUT2D eigenvalue weighted by atomic mass is 9.54. The molecule has 13 heavy (non-hydrogen) atoms. The molecule has 2 atom stereocenters. The van der Waals surface area contributed by atoms with E-state index in [1.807, 2.05) is 0 Å². The zero-order valence-electron chi connectivity index (χ0n) is 7.78. The molecule has 4 bridgehead atoms. The Bertz CT molecular complexity index is 205. The minimum atomic E-state index is 0. The maximum Gasteiger partial charge on any atom is 0.0139 e. The van der Waals surface area contributed by atoms with Gasteiger partial charge in [0.1, 0.15) is 0 Å². The van der Waals surface area contributed by atoms with Crippen LogP contribution in [0.25, 0.3) is 0 Å². The van der Waals surface area contributed by atoms with E-state index in [0.29, 0.717) is 10.8 Å².